The first kappa shape index (κ1) is 19.8. The Labute approximate surface area is 155 Å². The molecular weight excluding hydrogens is 382 g/mol. The number of hydrogen-bond donors (Lipinski definition) is 2. The van der Waals surface area contributed by atoms with Crippen molar-refractivity contribution in [2.75, 3.05) is 5.32 Å². The Bertz CT molecular complexity index is 898. The first-order valence-electron chi connectivity index (χ1n) is 7.56. The summed E-state index contributed by atoms with van der Waals surface area (Å²) in [6.45, 7) is 1.66. The van der Waals surface area contributed by atoms with E-state index in [1.807, 2.05) is 0 Å². The summed E-state index contributed by atoms with van der Waals surface area (Å²) in [6.07, 6.45) is 0.214. The molecule has 1 unspecified atom stereocenters. The number of carbonyl (C=O) groups is 1. The molecule has 0 saturated heterocycles. The van der Waals surface area contributed by atoms with Crippen LogP contribution in [-0.2, 0) is 14.8 Å². The molecule has 2 aromatic rings. The van der Waals surface area contributed by atoms with Crippen molar-refractivity contribution in [3.63, 3.8) is 0 Å². The van der Waals surface area contributed by atoms with Crippen molar-refractivity contribution in [2.45, 2.75) is 24.3 Å². The summed E-state index contributed by atoms with van der Waals surface area (Å²) in [6, 6.07) is 9.78. The Hall–Kier alpha value is -2.49. The van der Waals surface area contributed by atoms with Crippen molar-refractivity contribution in [3.8, 4) is 0 Å². The van der Waals surface area contributed by atoms with Crippen LogP contribution in [0.25, 0.3) is 0 Å². The monoisotopic (exact) mass is 397 g/mol. The minimum absolute atomic E-state index is 0.0107. The number of anilines is 1. The lowest BCUT2D eigenvalue weighted by Crippen LogP contribution is -2.43. The van der Waals surface area contributed by atoms with E-state index < -0.39 is 26.9 Å². The maximum atomic E-state index is 12.4. The fourth-order valence-corrected chi connectivity index (χ4v) is 3.49. The van der Waals surface area contributed by atoms with E-state index in [0.29, 0.717) is 10.7 Å². The molecule has 8 nitrogen and oxygen atoms in total. The molecule has 0 bridgehead atoms. The fraction of sp³-hybridized carbons (Fsp3) is 0.188. The van der Waals surface area contributed by atoms with Crippen LogP contribution in [0.15, 0.2) is 53.4 Å². The molecule has 0 saturated carbocycles. The molecule has 2 rings (SSSR count). The number of sulfonamides is 1. The van der Waals surface area contributed by atoms with Crippen molar-refractivity contribution in [2.24, 2.45) is 0 Å². The standard InChI is InChI=1S/C16H16ClN3O5S/c1-2-15(19-26(24,25)14-9-3-11(17)4-10-14)16(21)18-12-5-7-13(8-6-12)20(22)23/h3-10,15,19H,2H2,1H3,(H,18,21). The van der Waals surface area contributed by atoms with Crippen LogP contribution in [0.5, 0.6) is 0 Å². The third kappa shape index (κ3) is 5.01. The molecule has 1 amide bonds. The molecule has 2 aromatic carbocycles. The van der Waals surface area contributed by atoms with Crippen LogP contribution in [0.4, 0.5) is 11.4 Å². The number of nitrogens with zero attached hydrogens (tertiary/aromatic N) is 1. The van der Waals surface area contributed by atoms with Crippen LogP contribution < -0.4 is 10.0 Å². The zero-order chi connectivity index (χ0) is 19.3. The molecule has 0 aromatic heterocycles. The summed E-state index contributed by atoms with van der Waals surface area (Å²) in [7, 11) is -3.90. The summed E-state index contributed by atoms with van der Waals surface area (Å²) < 4.78 is 27.1. The number of benzene rings is 2. The summed E-state index contributed by atoms with van der Waals surface area (Å²) in [5, 5.41) is 13.6. The van der Waals surface area contributed by atoms with E-state index in [1.165, 1.54) is 48.5 Å². The number of nitro benzene ring substituents is 1. The number of non-ortho nitro benzene ring substituents is 1. The molecule has 0 radical (unpaired) electrons. The number of hydrogen-bond acceptors (Lipinski definition) is 5. The zero-order valence-electron chi connectivity index (χ0n) is 13.7. The molecule has 0 heterocycles. The molecule has 0 aliphatic rings. The molecule has 1 atom stereocenters. The number of nitro groups is 1. The van der Waals surface area contributed by atoms with Gasteiger partial charge in [0, 0.05) is 22.8 Å². The van der Waals surface area contributed by atoms with E-state index in [-0.39, 0.29) is 17.0 Å². The zero-order valence-corrected chi connectivity index (χ0v) is 15.3. The highest BCUT2D eigenvalue weighted by atomic mass is 35.5. The molecule has 0 aliphatic carbocycles. The minimum atomic E-state index is -3.90. The fourth-order valence-electron chi connectivity index (χ4n) is 2.09. The molecule has 0 fully saturated rings. The normalized spacial score (nSPS) is 12.4. The van der Waals surface area contributed by atoms with Gasteiger partial charge < -0.3 is 5.32 Å². The predicted molar refractivity (Wildman–Crippen MR) is 97.6 cm³/mol. The maximum absolute atomic E-state index is 12.4. The van der Waals surface area contributed by atoms with Crippen molar-refractivity contribution in [1.82, 2.24) is 4.72 Å². The van der Waals surface area contributed by atoms with Gasteiger partial charge in [0.25, 0.3) is 5.69 Å². The van der Waals surface area contributed by atoms with Crippen LogP contribution in [0, 0.1) is 10.1 Å². The van der Waals surface area contributed by atoms with Crippen LogP contribution in [-0.4, -0.2) is 25.3 Å². The predicted octanol–water partition coefficient (Wildman–Crippen LogP) is 2.94. The summed E-state index contributed by atoms with van der Waals surface area (Å²) in [5.41, 5.74) is 0.211. The van der Waals surface area contributed by atoms with Crippen molar-refractivity contribution < 1.29 is 18.1 Å². The third-order valence-electron chi connectivity index (χ3n) is 3.49. The van der Waals surface area contributed by atoms with Gasteiger partial charge in [0.05, 0.1) is 9.82 Å². The first-order valence-corrected chi connectivity index (χ1v) is 9.42. The number of carbonyl (C=O) groups excluding carboxylic acids is 1. The number of rotatable bonds is 7. The van der Waals surface area contributed by atoms with Gasteiger partial charge in [-0.3, -0.25) is 14.9 Å². The molecule has 26 heavy (non-hydrogen) atoms. The van der Waals surface area contributed by atoms with Gasteiger partial charge in [0.2, 0.25) is 15.9 Å². The Morgan fingerprint density at radius 3 is 2.23 bits per heavy atom. The molecular formula is C16H16ClN3O5S. The number of amides is 1. The maximum Gasteiger partial charge on any atom is 0.269 e. The quantitative estimate of drug-likeness (QED) is 0.550. The van der Waals surface area contributed by atoms with Gasteiger partial charge in [0.15, 0.2) is 0 Å². The van der Waals surface area contributed by atoms with Crippen LogP contribution >= 0.6 is 11.6 Å². The van der Waals surface area contributed by atoms with E-state index in [0.717, 1.165) is 0 Å². The van der Waals surface area contributed by atoms with Gasteiger partial charge >= 0.3 is 0 Å². The third-order valence-corrected chi connectivity index (χ3v) is 5.23. The average molecular weight is 398 g/mol. The Morgan fingerprint density at radius 2 is 1.73 bits per heavy atom. The van der Waals surface area contributed by atoms with Gasteiger partial charge in [-0.2, -0.15) is 4.72 Å². The summed E-state index contributed by atoms with van der Waals surface area (Å²) in [5.74, 6) is -0.570. The van der Waals surface area contributed by atoms with Gasteiger partial charge in [-0.1, -0.05) is 18.5 Å². The second-order valence-corrected chi connectivity index (χ2v) is 7.48. The first-order chi connectivity index (χ1) is 12.2. The van der Waals surface area contributed by atoms with Gasteiger partial charge in [-0.25, -0.2) is 8.42 Å². The lowest BCUT2D eigenvalue weighted by molar-refractivity contribution is -0.384. The number of halogens is 1. The largest absolute Gasteiger partial charge is 0.325 e. The highest BCUT2D eigenvalue weighted by molar-refractivity contribution is 7.89. The van der Waals surface area contributed by atoms with Gasteiger partial charge in [0.1, 0.15) is 6.04 Å². The lowest BCUT2D eigenvalue weighted by Gasteiger charge is -2.17. The van der Waals surface area contributed by atoms with Crippen LogP contribution in [0.2, 0.25) is 5.02 Å². The van der Waals surface area contributed by atoms with Crippen LogP contribution in [0.3, 0.4) is 0 Å². The van der Waals surface area contributed by atoms with Crippen molar-refractivity contribution in [1.29, 1.82) is 0 Å². The van der Waals surface area contributed by atoms with Crippen molar-refractivity contribution in [3.05, 3.63) is 63.7 Å². The second kappa shape index (κ2) is 8.26. The van der Waals surface area contributed by atoms with E-state index in [2.05, 4.69) is 10.0 Å². The molecule has 138 valence electrons. The van der Waals surface area contributed by atoms with E-state index in [1.54, 1.807) is 6.92 Å². The Morgan fingerprint density at radius 1 is 1.15 bits per heavy atom. The SMILES string of the molecule is CCC(NS(=O)(=O)c1ccc(Cl)cc1)C(=O)Nc1ccc([N+](=O)[O-])cc1. The summed E-state index contributed by atoms with van der Waals surface area (Å²) >= 11 is 5.74. The molecule has 0 aliphatic heterocycles. The molecule has 2 N–H and O–H groups in total. The summed E-state index contributed by atoms with van der Waals surface area (Å²) in [4.78, 5) is 22.4. The van der Waals surface area contributed by atoms with Gasteiger partial charge in [-0.05, 0) is 42.8 Å². The second-order valence-electron chi connectivity index (χ2n) is 5.33. The van der Waals surface area contributed by atoms with Crippen LogP contribution in [0.1, 0.15) is 13.3 Å². The van der Waals surface area contributed by atoms with E-state index in [4.69, 9.17) is 11.6 Å². The highest BCUT2D eigenvalue weighted by Crippen LogP contribution is 2.17. The van der Waals surface area contributed by atoms with E-state index in [9.17, 15) is 23.3 Å². The average Bonchev–Trinajstić information content (AvgIpc) is 2.60. The highest BCUT2D eigenvalue weighted by Gasteiger charge is 2.24. The van der Waals surface area contributed by atoms with Gasteiger partial charge in [-0.15, -0.1) is 0 Å². The Balaban J connectivity index is 2.10. The van der Waals surface area contributed by atoms with E-state index >= 15 is 0 Å². The smallest absolute Gasteiger partial charge is 0.269 e. The molecule has 0 spiro atoms. The van der Waals surface area contributed by atoms with Crippen molar-refractivity contribution >= 4 is 38.9 Å². The Kier molecular flexibility index (Phi) is 6.30. The number of nitrogens with one attached hydrogen (secondary N) is 2. The molecule has 10 heteroatoms. The topological polar surface area (TPSA) is 118 Å². The lowest BCUT2D eigenvalue weighted by atomic mass is 10.2. The minimum Gasteiger partial charge on any atom is -0.325 e.